The number of ether oxygens (including phenoxy) is 1. The summed E-state index contributed by atoms with van der Waals surface area (Å²) in [6.45, 7) is 2.07. The van der Waals surface area contributed by atoms with E-state index in [4.69, 9.17) is 4.74 Å². The van der Waals surface area contributed by atoms with E-state index in [9.17, 15) is 9.90 Å². The van der Waals surface area contributed by atoms with Crippen LogP contribution in [0.2, 0.25) is 0 Å². The SMILES string of the molecule is CCOC(=O)Cc1c2ccccc2c([O-])n1Nc1ccccc1.[K+]. The Kier molecular flexibility index (Phi) is 6.88. The minimum Gasteiger partial charge on any atom is -0.858 e. The zero-order valence-electron chi connectivity index (χ0n) is 13.8. The number of rotatable bonds is 5. The van der Waals surface area contributed by atoms with E-state index in [2.05, 4.69) is 5.43 Å². The molecule has 0 saturated heterocycles. The summed E-state index contributed by atoms with van der Waals surface area (Å²) in [4.78, 5) is 11.9. The van der Waals surface area contributed by atoms with Crippen molar-refractivity contribution in [1.29, 1.82) is 0 Å². The molecule has 0 aliphatic rings. The van der Waals surface area contributed by atoms with Crippen LogP contribution in [0.4, 0.5) is 5.69 Å². The second-order valence-corrected chi connectivity index (χ2v) is 5.09. The van der Waals surface area contributed by atoms with Gasteiger partial charge in [-0.05, 0) is 30.3 Å². The van der Waals surface area contributed by atoms with Crippen LogP contribution in [0, 0.1) is 0 Å². The molecule has 0 aliphatic carbocycles. The first kappa shape index (κ1) is 19.0. The van der Waals surface area contributed by atoms with Gasteiger partial charge in [0.15, 0.2) is 0 Å². The van der Waals surface area contributed by atoms with Gasteiger partial charge in [-0.3, -0.25) is 14.9 Å². The van der Waals surface area contributed by atoms with E-state index >= 15 is 0 Å². The first-order valence-corrected chi connectivity index (χ1v) is 7.47. The first-order valence-electron chi connectivity index (χ1n) is 7.47. The summed E-state index contributed by atoms with van der Waals surface area (Å²) >= 11 is 0. The second kappa shape index (κ2) is 8.69. The maximum absolute atomic E-state index is 12.6. The van der Waals surface area contributed by atoms with Crippen LogP contribution in [0.15, 0.2) is 54.6 Å². The van der Waals surface area contributed by atoms with Gasteiger partial charge in [0.2, 0.25) is 0 Å². The zero-order valence-corrected chi connectivity index (χ0v) is 16.9. The van der Waals surface area contributed by atoms with Gasteiger partial charge in [-0.2, -0.15) is 0 Å². The third-order valence-electron chi connectivity index (χ3n) is 3.57. The molecule has 0 aliphatic heterocycles. The van der Waals surface area contributed by atoms with Crippen LogP contribution < -0.4 is 61.9 Å². The quantitative estimate of drug-likeness (QED) is 0.508. The van der Waals surface area contributed by atoms with Gasteiger partial charge in [0.25, 0.3) is 0 Å². The zero-order chi connectivity index (χ0) is 16.2. The molecule has 0 spiro atoms. The van der Waals surface area contributed by atoms with Crippen LogP contribution in [-0.4, -0.2) is 17.3 Å². The molecule has 1 aromatic heterocycles. The summed E-state index contributed by atoms with van der Waals surface area (Å²) in [5.74, 6) is -0.532. The van der Waals surface area contributed by atoms with Gasteiger partial charge in [-0.15, -0.1) is 0 Å². The Labute approximate surface area is 183 Å². The standard InChI is InChI=1S/C18H18N2O3.K/c1-2-23-17(21)12-16-14-10-6-7-11-15(14)18(22)20(16)19-13-8-4-3-5-9-13;/h3-11,19,22H,2,12H2,1H3;/q;+1/p-1. The first-order chi connectivity index (χ1) is 11.2. The number of carbonyl (C=O) groups is 1. The van der Waals surface area contributed by atoms with Crippen molar-refractivity contribution in [3.05, 3.63) is 60.3 Å². The molecule has 0 atom stereocenters. The normalized spacial score (nSPS) is 10.2. The number of hydrogen-bond donors (Lipinski definition) is 1. The third kappa shape index (κ3) is 4.01. The fraction of sp³-hybridized carbons (Fsp3) is 0.167. The minimum absolute atomic E-state index is 0. The van der Waals surface area contributed by atoms with Gasteiger partial charge >= 0.3 is 57.4 Å². The van der Waals surface area contributed by atoms with Crippen molar-refractivity contribution in [1.82, 2.24) is 4.68 Å². The maximum atomic E-state index is 12.6. The number of carbonyl (C=O) groups excluding carboxylic acids is 1. The molecule has 1 heterocycles. The molecule has 3 aromatic rings. The van der Waals surface area contributed by atoms with E-state index in [1.54, 1.807) is 13.0 Å². The number of benzene rings is 2. The molecule has 0 fully saturated rings. The fourth-order valence-corrected chi connectivity index (χ4v) is 2.57. The summed E-state index contributed by atoms with van der Waals surface area (Å²) in [6, 6.07) is 16.6. The number of para-hydroxylation sites is 1. The molecule has 118 valence electrons. The largest absolute Gasteiger partial charge is 1.00 e. The molecule has 3 rings (SSSR count). The molecule has 0 bridgehead atoms. The maximum Gasteiger partial charge on any atom is 1.00 e. The minimum atomic E-state index is -0.355. The summed E-state index contributed by atoms with van der Waals surface area (Å²) in [6.07, 6.45) is 0.0381. The number of anilines is 1. The number of nitrogens with one attached hydrogen (secondary N) is 1. The Hall–Kier alpha value is -1.31. The fourth-order valence-electron chi connectivity index (χ4n) is 2.57. The molecule has 0 unspecified atom stereocenters. The van der Waals surface area contributed by atoms with Crippen molar-refractivity contribution >= 4 is 22.4 Å². The number of hydrogen-bond acceptors (Lipinski definition) is 4. The van der Waals surface area contributed by atoms with Crippen LogP contribution in [0.5, 0.6) is 5.88 Å². The van der Waals surface area contributed by atoms with Crippen LogP contribution in [0.25, 0.3) is 10.8 Å². The van der Waals surface area contributed by atoms with Crippen molar-refractivity contribution in [3.8, 4) is 5.88 Å². The van der Waals surface area contributed by atoms with Crippen molar-refractivity contribution in [2.24, 2.45) is 0 Å². The predicted molar refractivity (Wildman–Crippen MR) is 87.2 cm³/mol. The number of esters is 1. The van der Waals surface area contributed by atoms with Crippen LogP contribution in [0.3, 0.4) is 0 Å². The molecule has 1 N–H and O–H groups in total. The van der Waals surface area contributed by atoms with Crippen molar-refractivity contribution < 1.29 is 66.0 Å². The van der Waals surface area contributed by atoms with Gasteiger partial charge in [0, 0.05) is 5.39 Å². The average Bonchev–Trinajstić information content (AvgIpc) is 2.82. The molecule has 6 heteroatoms. The molecule has 2 aromatic carbocycles. The van der Waals surface area contributed by atoms with E-state index < -0.39 is 0 Å². The monoisotopic (exact) mass is 348 g/mol. The molecular formula is C18H17KN2O3. The molecule has 0 saturated carbocycles. The summed E-state index contributed by atoms with van der Waals surface area (Å²) < 4.78 is 6.45. The number of aromatic nitrogens is 1. The van der Waals surface area contributed by atoms with Gasteiger partial charge in [-0.25, -0.2) is 0 Å². The number of nitrogens with zero attached hydrogens (tertiary/aromatic N) is 1. The van der Waals surface area contributed by atoms with Crippen LogP contribution >= 0.6 is 0 Å². The Morgan fingerprint density at radius 1 is 1.08 bits per heavy atom. The number of fused-ring (bicyclic) bond motifs is 1. The van der Waals surface area contributed by atoms with Crippen molar-refractivity contribution in [2.45, 2.75) is 13.3 Å². The average molecular weight is 348 g/mol. The van der Waals surface area contributed by atoms with Crippen LogP contribution in [0.1, 0.15) is 12.6 Å². The predicted octanol–water partition coefficient (Wildman–Crippen LogP) is -0.300. The van der Waals surface area contributed by atoms with E-state index in [-0.39, 0.29) is 69.7 Å². The van der Waals surface area contributed by atoms with Gasteiger partial charge < -0.3 is 9.84 Å². The Bertz CT molecular complexity index is 831. The van der Waals surface area contributed by atoms with Crippen molar-refractivity contribution in [3.63, 3.8) is 0 Å². The molecular weight excluding hydrogens is 331 g/mol. The van der Waals surface area contributed by atoms with E-state index in [1.165, 1.54) is 4.68 Å². The smallest absolute Gasteiger partial charge is 0.858 e. The molecule has 0 amide bonds. The summed E-state index contributed by atoms with van der Waals surface area (Å²) in [5.41, 5.74) is 4.45. The molecule has 5 nitrogen and oxygen atoms in total. The second-order valence-electron chi connectivity index (χ2n) is 5.09. The van der Waals surface area contributed by atoms with E-state index in [0.29, 0.717) is 17.7 Å². The summed E-state index contributed by atoms with van der Waals surface area (Å²) in [5, 5.41) is 14.0. The van der Waals surface area contributed by atoms with Gasteiger partial charge in [0.1, 0.15) is 0 Å². The Balaban J connectivity index is 0.00000208. The van der Waals surface area contributed by atoms with E-state index in [1.807, 2.05) is 48.5 Å². The topological polar surface area (TPSA) is 66.3 Å². The Morgan fingerprint density at radius 2 is 1.71 bits per heavy atom. The molecule has 24 heavy (non-hydrogen) atoms. The van der Waals surface area contributed by atoms with E-state index in [0.717, 1.165) is 11.1 Å². The Morgan fingerprint density at radius 3 is 2.38 bits per heavy atom. The summed E-state index contributed by atoms with van der Waals surface area (Å²) in [7, 11) is 0. The van der Waals surface area contributed by atoms with Crippen LogP contribution in [-0.2, 0) is 16.0 Å². The van der Waals surface area contributed by atoms with Gasteiger partial charge in [0.05, 0.1) is 24.4 Å². The van der Waals surface area contributed by atoms with Crippen molar-refractivity contribution in [2.75, 3.05) is 12.0 Å². The molecule has 0 radical (unpaired) electrons. The third-order valence-corrected chi connectivity index (χ3v) is 3.57. The van der Waals surface area contributed by atoms with Gasteiger partial charge in [-0.1, -0.05) is 42.5 Å².